The molecule has 0 amide bonds. The number of aryl methyl sites for hydroxylation is 1. The van der Waals surface area contributed by atoms with Gasteiger partial charge in [-0.2, -0.15) is 5.10 Å². The number of halogens is 2. The lowest BCUT2D eigenvalue weighted by atomic mass is 9.83. The maximum atomic E-state index is 16.3. The largest absolute Gasteiger partial charge is 0.481 e. The molecule has 0 unspecified atom stereocenters. The van der Waals surface area contributed by atoms with Crippen molar-refractivity contribution in [2.45, 2.75) is 57.8 Å². The number of rotatable bonds is 4. The smallest absolute Gasteiger partial charge is 0.309 e. The number of nitrogens with one attached hydrogen (secondary N) is 1. The first-order valence-corrected chi connectivity index (χ1v) is 12.6. The fourth-order valence-electron chi connectivity index (χ4n) is 6.36. The summed E-state index contributed by atoms with van der Waals surface area (Å²) in [7, 11) is 0. The first-order chi connectivity index (χ1) is 17.3. The number of aromatic amines is 1. The Hall–Kier alpha value is -3.26. The average molecular weight is 494 g/mol. The highest BCUT2D eigenvalue weighted by Crippen LogP contribution is 2.52. The van der Waals surface area contributed by atoms with Crippen molar-refractivity contribution in [3.05, 3.63) is 58.9 Å². The Labute approximate surface area is 207 Å². The molecule has 188 valence electrons. The standard InChI is InChI=1S/C28H29F2N3O3/c1-15-11-19(3-4-20(15)29)33-21-12-18-14-31-32-25(18)24(30)23(21)22(26(33)16-6-9-36-10-7-16)17-5-8-28(2,13-17)27(34)35/h3-4,11-12,14,16-17H,5-10,13H2,1-2H3,(H,31,32)(H,34,35)/t17-,28-/m1/s1. The summed E-state index contributed by atoms with van der Waals surface area (Å²) in [6.45, 7) is 4.73. The second kappa shape index (κ2) is 8.40. The van der Waals surface area contributed by atoms with E-state index in [9.17, 15) is 14.3 Å². The summed E-state index contributed by atoms with van der Waals surface area (Å²) in [6.07, 6.45) is 4.83. The lowest BCUT2D eigenvalue weighted by Crippen LogP contribution is -2.24. The summed E-state index contributed by atoms with van der Waals surface area (Å²) in [5.41, 5.74) is 3.36. The lowest BCUT2D eigenvalue weighted by Gasteiger charge is -2.27. The van der Waals surface area contributed by atoms with Crippen molar-refractivity contribution in [3.8, 4) is 5.69 Å². The van der Waals surface area contributed by atoms with Crippen molar-refractivity contribution in [2.24, 2.45) is 5.41 Å². The minimum Gasteiger partial charge on any atom is -0.481 e. The van der Waals surface area contributed by atoms with Gasteiger partial charge in [0.15, 0.2) is 5.82 Å². The molecule has 6 nitrogen and oxygen atoms in total. The van der Waals surface area contributed by atoms with Crippen molar-refractivity contribution in [2.75, 3.05) is 13.2 Å². The van der Waals surface area contributed by atoms with E-state index >= 15 is 4.39 Å². The third-order valence-electron chi connectivity index (χ3n) is 8.36. The number of benzene rings is 2. The molecule has 6 rings (SSSR count). The monoisotopic (exact) mass is 493 g/mol. The van der Waals surface area contributed by atoms with E-state index in [1.807, 2.05) is 6.07 Å². The first kappa shape index (κ1) is 23.2. The van der Waals surface area contributed by atoms with Gasteiger partial charge < -0.3 is 14.4 Å². The average Bonchev–Trinajstić information content (AvgIpc) is 3.58. The molecule has 2 atom stereocenters. The van der Waals surface area contributed by atoms with E-state index in [1.54, 1.807) is 32.2 Å². The molecule has 2 aromatic heterocycles. The summed E-state index contributed by atoms with van der Waals surface area (Å²) in [4.78, 5) is 12.1. The Morgan fingerprint density at radius 3 is 2.67 bits per heavy atom. The number of nitrogens with zero attached hydrogens (tertiary/aromatic N) is 2. The zero-order valence-corrected chi connectivity index (χ0v) is 20.4. The number of ether oxygens (including phenoxy) is 1. The molecule has 1 saturated carbocycles. The SMILES string of the molecule is Cc1cc(-n2c(C3CCOCC3)c([C@@H]3CC[C@@](C)(C(=O)O)C3)c3c(F)c4[nH]ncc4cc32)ccc1F. The minimum atomic E-state index is -0.854. The second-order valence-corrected chi connectivity index (χ2v) is 10.7. The van der Waals surface area contributed by atoms with Crippen LogP contribution in [0.25, 0.3) is 27.5 Å². The maximum absolute atomic E-state index is 16.3. The Kier molecular flexibility index (Phi) is 5.41. The summed E-state index contributed by atoms with van der Waals surface area (Å²) in [5, 5.41) is 18.0. The Morgan fingerprint density at radius 2 is 1.97 bits per heavy atom. The molecular formula is C28H29F2N3O3. The van der Waals surface area contributed by atoms with Gasteiger partial charge in [0.1, 0.15) is 11.3 Å². The van der Waals surface area contributed by atoms with Gasteiger partial charge in [0.05, 0.1) is 17.1 Å². The van der Waals surface area contributed by atoms with E-state index in [4.69, 9.17) is 4.74 Å². The van der Waals surface area contributed by atoms with E-state index in [0.29, 0.717) is 59.8 Å². The van der Waals surface area contributed by atoms with Crippen LogP contribution in [0.3, 0.4) is 0 Å². The van der Waals surface area contributed by atoms with Crippen LogP contribution < -0.4 is 0 Å². The molecule has 2 N–H and O–H groups in total. The molecule has 3 heterocycles. The fourth-order valence-corrected chi connectivity index (χ4v) is 6.36. The van der Waals surface area contributed by atoms with Crippen molar-refractivity contribution < 1.29 is 23.4 Å². The third-order valence-corrected chi connectivity index (χ3v) is 8.36. The van der Waals surface area contributed by atoms with E-state index in [-0.39, 0.29) is 23.5 Å². The molecular weight excluding hydrogens is 464 g/mol. The third kappa shape index (κ3) is 3.45. The molecule has 1 aliphatic heterocycles. The van der Waals surface area contributed by atoms with Crippen LogP contribution in [0.4, 0.5) is 8.78 Å². The van der Waals surface area contributed by atoms with Crippen molar-refractivity contribution in [1.82, 2.24) is 14.8 Å². The van der Waals surface area contributed by atoms with E-state index in [1.165, 1.54) is 6.07 Å². The summed E-state index contributed by atoms with van der Waals surface area (Å²) >= 11 is 0. The van der Waals surface area contributed by atoms with Crippen molar-refractivity contribution >= 4 is 27.8 Å². The number of aliphatic carboxylic acids is 1. The van der Waals surface area contributed by atoms with E-state index in [2.05, 4.69) is 14.8 Å². The van der Waals surface area contributed by atoms with Gasteiger partial charge in [0, 0.05) is 41.3 Å². The highest BCUT2D eigenvalue weighted by molar-refractivity contribution is 6.00. The number of fused-ring (bicyclic) bond motifs is 2. The van der Waals surface area contributed by atoms with Gasteiger partial charge in [-0.3, -0.25) is 9.89 Å². The van der Waals surface area contributed by atoms with Gasteiger partial charge in [-0.15, -0.1) is 0 Å². The highest BCUT2D eigenvalue weighted by Gasteiger charge is 2.44. The van der Waals surface area contributed by atoms with Crippen LogP contribution in [0.1, 0.15) is 67.7 Å². The molecule has 8 heteroatoms. The molecule has 0 spiro atoms. The summed E-state index contributed by atoms with van der Waals surface area (Å²) < 4.78 is 38.3. The molecule has 36 heavy (non-hydrogen) atoms. The number of carbonyl (C=O) groups is 1. The molecule has 1 aliphatic carbocycles. The summed E-state index contributed by atoms with van der Waals surface area (Å²) in [5.74, 6) is -1.47. The topological polar surface area (TPSA) is 80.1 Å². The van der Waals surface area contributed by atoms with Crippen LogP contribution in [0.5, 0.6) is 0 Å². The normalized spacial score (nSPS) is 23.2. The molecule has 4 aromatic rings. The zero-order valence-electron chi connectivity index (χ0n) is 20.4. The van der Waals surface area contributed by atoms with E-state index < -0.39 is 11.4 Å². The molecule has 2 aromatic carbocycles. The van der Waals surface area contributed by atoms with Gasteiger partial charge >= 0.3 is 5.97 Å². The van der Waals surface area contributed by atoms with Crippen LogP contribution in [0.15, 0.2) is 30.5 Å². The van der Waals surface area contributed by atoms with Gasteiger partial charge in [0.2, 0.25) is 0 Å². The molecule has 2 aliphatic rings. The van der Waals surface area contributed by atoms with E-state index in [0.717, 1.165) is 29.8 Å². The number of H-pyrrole nitrogens is 1. The quantitative estimate of drug-likeness (QED) is 0.347. The number of carboxylic acid groups (broad SMARTS) is 1. The molecule has 0 bridgehead atoms. The number of carboxylic acids is 1. The molecule has 1 saturated heterocycles. The van der Waals surface area contributed by atoms with Crippen LogP contribution in [0, 0.1) is 24.0 Å². The van der Waals surface area contributed by atoms with Gasteiger partial charge in [0.25, 0.3) is 0 Å². The predicted molar refractivity (Wildman–Crippen MR) is 133 cm³/mol. The molecule has 0 radical (unpaired) electrons. The van der Waals surface area contributed by atoms with Crippen LogP contribution >= 0.6 is 0 Å². The van der Waals surface area contributed by atoms with Gasteiger partial charge in [-0.25, -0.2) is 8.78 Å². The Bertz CT molecular complexity index is 1500. The maximum Gasteiger partial charge on any atom is 0.309 e. The predicted octanol–water partition coefficient (Wildman–Crippen LogP) is 6.35. The van der Waals surface area contributed by atoms with Crippen LogP contribution in [-0.4, -0.2) is 39.1 Å². The number of hydrogen-bond donors (Lipinski definition) is 2. The number of aromatic nitrogens is 3. The van der Waals surface area contributed by atoms with Gasteiger partial charge in [-0.1, -0.05) is 0 Å². The fraction of sp³-hybridized carbons (Fsp3) is 0.429. The highest BCUT2D eigenvalue weighted by atomic mass is 19.1. The first-order valence-electron chi connectivity index (χ1n) is 12.6. The number of hydrogen-bond acceptors (Lipinski definition) is 3. The van der Waals surface area contributed by atoms with Crippen LogP contribution in [-0.2, 0) is 9.53 Å². The minimum absolute atomic E-state index is 0.107. The Morgan fingerprint density at radius 1 is 1.19 bits per heavy atom. The second-order valence-electron chi connectivity index (χ2n) is 10.7. The molecule has 2 fully saturated rings. The van der Waals surface area contributed by atoms with Crippen LogP contribution in [0.2, 0.25) is 0 Å². The van der Waals surface area contributed by atoms with Gasteiger partial charge in [-0.05, 0) is 87.3 Å². The zero-order chi connectivity index (χ0) is 25.2. The lowest BCUT2D eigenvalue weighted by molar-refractivity contribution is -0.147. The summed E-state index contributed by atoms with van der Waals surface area (Å²) in [6, 6.07) is 6.93. The Balaban J connectivity index is 1.70. The van der Waals surface area contributed by atoms with Crippen molar-refractivity contribution in [3.63, 3.8) is 0 Å². The van der Waals surface area contributed by atoms with Crippen molar-refractivity contribution in [1.29, 1.82) is 0 Å².